The largest absolute Gasteiger partial charge is 0.503 e. The molecule has 0 radical (unpaired) electrons. The van der Waals surface area contributed by atoms with Crippen LogP contribution >= 0.6 is 35.0 Å². The molecule has 6 nitrogen and oxygen atoms in total. The minimum atomic E-state index is -0.583. The van der Waals surface area contributed by atoms with E-state index in [0.717, 1.165) is 16.7 Å². The summed E-state index contributed by atoms with van der Waals surface area (Å²) in [6.07, 6.45) is 1.45. The number of benzene rings is 2. The first-order valence-electron chi connectivity index (χ1n) is 7.90. The summed E-state index contributed by atoms with van der Waals surface area (Å²) in [5.74, 6) is -1.05. The minimum Gasteiger partial charge on any atom is -0.503 e. The average Bonchev–Trinajstić information content (AvgIpc) is 2.92. The van der Waals surface area contributed by atoms with Gasteiger partial charge in [-0.2, -0.15) is 0 Å². The van der Waals surface area contributed by atoms with Crippen LogP contribution in [0.5, 0.6) is 11.5 Å². The van der Waals surface area contributed by atoms with Crippen LogP contribution in [0.2, 0.25) is 10.0 Å². The fraction of sp³-hybridized carbons (Fsp3) is 0.105. The fourth-order valence-electron chi connectivity index (χ4n) is 2.49. The van der Waals surface area contributed by atoms with Crippen LogP contribution in [-0.4, -0.2) is 40.6 Å². The van der Waals surface area contributed by atoms with Crippen molar-refractivity contribution < 1.29 is 24.2 Å². The molecule has 0 aliphatic carbocycles. The number of Topliss-reactive ketones (excluding diaryl/α,β-unsaturated/α-hetero) is 1. The number of rotatable bonds is 5. The molecule has 0 atom stereocenters. The first-order valence-corrected chi connectivity index (χ1v) is 9.48. The summed E-state index contributed by atoms with van der Waals surface area (Å²) < 4.78 is 5.02. The summed E-state index contributed by atoms with van der Waals surface area (Å²) in [5, 5.41) is 9.76. The summed E-state index contributed by atoms with van der Waals surface area (Å²) in [6.45, 7) is -0.372. The fourth-order valence-corrected chi connectivity index (χ4v) is 3.67. The highest BCUT2D eigenvalue weighted by atomic mass is 35.5. The molecule has 2 aromatic rings. The highest BCUT2D eigenvalue weighted by Crippen LogP contribution is 2.38. The van der Waals surface area contributed by atoms with E-state index in [2.05, 4.69) is 0 Å². The molecule has 1 aliphatic rings. The number of hydrogen-bond acceptors (Lipinski definition) is 6. The minimum absolute atomic E-state index is 0.0442. The first kappa shape index (κ1) is 20.3. The van der Waals surface area contributed by atoms with Gasteiger partial charge in [0.15, 0.2) is 17.3 Å². The number of thioether (sulfide) groups is 1. The molecule has 1 aliphatic heterocycles. The van der Waals surface area contributed by atoms with Crippen LogP contribution < -0.4 is 4.74 Å². The monoisotopic (exact) mass is 437 g/mol. The van der Waals surface area contributed by atoms with E-state index in [4.69, 9.17) is 27.9 Å². The quantitative estimate of drug-likeness (QED) is 0.542. The number of hydrogen-bond donors (Lipinski definition) is 1. The number of carbonyl (C=O) groups excluding carboxylic acids is 3. The molecule has 1 fully saturated rings. The van der Waals surface area contributed by atoms with E-state index in [1.165, 1.54) is 37.5 Å². The van der Waals surface area contributed by atoms with E-state index in [9.17, 15) is 19.5 Å². The van der Waals surface area contributed by atoms with Gasteiger partial charge in [0, 0.05) is 10.6 Å². The molecule has 28 heavy (non-hydrogen) atoms. The van der Waals surface area contributed by atoms with Gasteiger partial charge < -0.3 is 9.84 Å². The van der Waals surface area contributed by atoms with Crippen molar-refractivity contribution in [3.8, 4) is 11.5 Å². The second-order valence-electron chi connectivity index (χ2n) is 5.75. The molecule has 0 aromatic heterocycles. The van der Waals surface area contributed by atoms with Crippen LogP contribution in [-0.2, 0) is 4.79 Å². The summed E-state index contributed by atoms with van der Waals surface area (Å²) in [6, 6.07) is 9.10. The van der Waals surface area contributed by atoms with E-state index in [1.54, 1.807) is 12.1 Å². The summed E-state index contributed by atoms with van der Waals surface area (Å²) in [7, 11) is 1.37. The lowest BCUT2D eigenvalue weighted by Gasteiger charge is -2.11. The van der Waals surface area contributed by atoms with Gasteiger partial charge in [0.2, 0.25) is 0 Å². The van der Waals surface area contributed by atoms with Gasteiger partial charge in [-0.15, -0.1) is 0 Å². The second kappa shape index (κ2) is 8.26. The van der Waals surface area contributed by atoms with Crippen LogP contribution in [0.15, 0.2) is 41.3 Å². The molecule has 144 valence electrons. The molecule has 1 saturated heterocycles. The summed E-state index contributed by atoms with van der Waals surface area (Å²) in [4.78, 5) is 38.2. The van der Waals surface area contributed by atoms with Gasteiger partial charge in [-0.05, 0) is 59.8 Å². The lowest BCUT2D eigenvalue weighted by atomic mass is 10.1. The Labute approximate surface area is 174 Å². The number of phenols is 1. The molecule has 2 amide bonds. The van der Waals surface area contributed by atoms with Crippen molar-refractivity contribution in [3.63, 3.8) is 0 Å². The third-order valence-corrected chi connectivity index (χ3v) is 5.36. The molecule has 0 unspecified atom stereocenters. The van der Waals surface area contributed by atoms with Gasteiger partial charge in [-0.1, -0.05) is 23.2 Å². The second-order valence-corrected chi connectivity index (χ2v) is 7.59. The van der Waals surface area contributed by atoms with E-state index in [-0.39, 0.29) is 33.8 Å². The maximum Gasteiger partial charge on any atom is 0.293 e. The number of carbonyl (C=O) groups is 3. The van der Waals surface area contributed by atoms with Gasteiger partial charge in [0.05, 0.1) is 23.6 Å². The zero-order chi connectivity index (χ0) is 20.4. The average molecular weight is 438 g/mol. The Morgan fingerprint density at radius 1 is 1.21 bits per heavy atom. The van der Waals surface area contributed by atoms with Gasteiger partial charge in [0.25, 0.3) is 11.1 Å². The standard InChI is InChI=1S/C19H13Cl2NO5S/c1-27-15-7-10(6-13(21)17(15)24)8-16-18(25)22(19(26)28-16)9-14(23)11-2-4-12(20)5-3-11/h2-8,24H,9H2,1H3/b16-8-. The number of ether oxygens (including phenoxy) is 1. The predicted octanol–water partition coefficient (Wildman–Crippen LogP) is 4.63. The molecule has 3 rings (SSSR count). The van der Waals surface area contributed by atoms with E-state index < -0.39 is 11.1 Å². The van der Waals surface area contributed by atoms with E-state index >= 15 is 0 Å². The van der Waals surface area contributed by atoms with Gasteiger partial charge in [-0.25, -0.2) is 0 Å². The molecular weight excluding hydrogens is 425 g/mol. The number of amides is 2. The van der Waals surface area contributed by atoms with Crippen molar-refractivity contribution in [1.29, 1.82) is 0 Å². The zero-order valence-electron chi connectivity index (χ0n) is 14.4. The lowest BCUT2D eigenvalue weighted by molar-refractivity contribution is -0.122. The predicted molar refractivity (Wildman–Crippen MR) is 108 cm³/mol. The number of phenolic OH excluding ortho intramolecular Hbond substituents is 1. The maximum absolute atomic E-state index is 12.6. The number of imide groups is 1. The molecule has 0 bridgehead atoms. The Hall–Kier alpha value is -2.48. The first-order chi connectivity index (χ1) is 13.3. The molecular formula is C19H13Cl2NO5S. The number of methoxy groups -OCH3 is 1. The molecule has 0 spiro atoms. The Kier molecular flexibility index (Phi) is 5.98. The van der Waals surface area contributed by atoms with Crippen LogP contribution in [0.1, 0.15) is 15.9 Å². The summed E-state index contributed by atoms with van der Waals surface area (Å²) in [5.41, 5.74) is 0.816. The third-order valence-electron chi connectivity index (χ3n) is 3.91. The van der Waals surface area contributed by atoms with Gasteiger partial charge in [-0.3, -0.25) is 19.3 Å². The van der Waals surface area contributed by atoms with Crippen molar-refractivity contribution in [2.45, 2.75) is 0 Å². The Balaban J connectivity index is 1.81. The Bertz CT molecular complexity index is 1000. The topological polar surface area (TPSA) is 83.9 Å². The molecule has 0 saturated carbocycles. The smallest absolute Gasteiger partial charge is 0.293 e. The number of nitrogens with zero attached hydrogens (tertiary/aromatic N) is 1. The van der Waals surface area contributed by atoms with Crippen LogP contribution in [0.25, 0.3) is 6.08 Å². The third kappa shape index (κ3) is 4.16. The lowest BCUT2D eigenvalue weighted by Crippen LogP contribution is -2.33. The van der Waals surface area contributed by atoms with Crippen LogP contribution in [0, 0.1) is 0 Å². The van der Waals surface area contributed by atoms with Gasteiger partial charge >= 0.3 is 0 Å². The molecule has 9 heteroatoms. The van der Waals surface area contributed by atoms with Crippen molar-refractivity contribution in [1.82, 2.24) is 4.90 Å². The highest BCUT2D eigenvalue weighted by Gasteiger charge is 2.36. The number of halogens is 2. The SMILES string of the molecule is COc1cc(/C=C2\SC(=O)N(CC(=O)c3ccc(Cl)cc3)C2=O)cc(Cl)c1O. The molecule has 2 aromatic carbocycles. The summed E-state index contributed by atoms with van der Waals surface area (Å²) >= 11 is 12.5. The molecule has 1 N–H and O–H groups in total. The number of aromatic hydroxyl groups is 1. The Morgan fingerprint density at radius 2 is 1.89 bits per heavy atom. The van der Waals surface area contributed by atoms with Crippen LogP contribution in [0.4, 0.5) is 4.79 Å². The van der Waals surface area contributed by atoms with Crippen molar-refractivity contribution in [2.75, 3.05) is 13.7 Å². The van der Waals surface area contributed by atoms with Crippen molar-refractivity contribution in [2.24, 2.45) is 0 Å². The van der Waals surface area contributed by atoms with Crippen molar-refractivity contribution >= 4 is 58.0 Å². The zero-order valence-corrected chi connectivity index (χ0v) is 16.8. The van der Waals surface area contributed by atoms with Crippen molar-refractivity contribution in [3.05, 3.63) is 62.5 Å². The Morgan fingerprint density at radius 3 is 2.54 bits per heavy atom. The molecule has 1 heterocycles. The maximum atomic E-state index is 12.6. The van der Waals surface area contributed by atoms with E-state index in [1.807, 2.05) is 0 Å². The van der Waals surface area contributed by atoms with Crippen LogP contribution in [0.3, 0.4) is 0 Å². The number of ketones is 1. The highest BCUT2D eigenvalue weighted by molar-refractivity contribution is 8.18. The normalized spacial score (nSPS) is 15.4. The van der Waals surface area contributed by atoms with Gasteiger partial charge in [0.1, 0.15) is 0 Å². The van der Waals surface area contributed by atoms with E-state index in [0.29, 0.717) is 16.1 Å².